The number of alkyl halides is 8. The highest BCUT2D eigenvalue weighted by Gasteiger charge is 2.74. The topological polar surface area (TPSA) is 0 Å². The molecule has 1 radical (unpaired) electrons. The van der Waals surface area contributed by atoms with E-state index in [4.69, 9.17) is 0 Å². The van der Waals surface area contributed by atoms with Gasteiger partial charge in [0.25, 0.3) is 0 Å². The maximum absolute atomic E-state index is 12.7. The molecule has 0 fully saturated rings. The van der Waals surface area contributed by atoms with Crippen LogP contribution in [-0.2, 0) is 0 Å². The van der Waals surface area contributed by atoms with Crippen molar-refractivity contribution in [1.29, 1.82) is 0 Å². The first-order valence-corrected chi connectivity index (χ1v) is 4.07. The first-order valence-electron chi connectivity index (χ1n) is 4.07. The first-order chi connectivity index (χ1) is 6.86. The summed E-state index contributed by atoms with van der Waals surface area (Å²) in [6.45, 7) is 2.01. The zero-order valence-electron chi connectivity index (χ0n) is 8.31. The monoisotopic (exact) mass is 257 g/mol. The lowest BCUT2D eigenvalue weighted by molar-refractivity contribution is -0.338. The van der Waals surface area contributed by atoms with Gasteiger partial charge in [0.1, 0.15) is 0 Å². The van der Waals surface area contributed by atoms with Crippen LogP contribution in [0.15, 0.2) is 0 Å². The van der Waals surface area contributed by atoms with Gasteiger partial charge in [-0.3, -0.25) is 0 Å². The van der Waals surface area contributed by atoms with Crippen molar-refractivity contribution >= 4 is 0 Å². The van der Waals surface area contributed by atoms with Crippen molar-refractivity contribution in [2.24, 2.45) is 0 Å². The molecule has 0 N–H and O–H groups in total. The van der Waals surface area contributed by atoms with Crippen LogP contribution in [0.5, 0.6) is 0 Å². The second kappa shape index (κ2) is 4.37. The Morgan fingerprint density at radius 1 is 0.938 bits per heavy atom. The fraction of sp³-hybridized carbons (Fsp3) is 0.875. The molecule has 0 aliphatic heterocycles. The average molecular weight is 257 g/mol. The zero-order chi connectivity index (χ0) is 13.4. The molecule has 0 heterocycles. The molecule has 0 bridgehead atoms. The smallest absolute Gasteiger partial charge is 0.203 e. The van der Waals surface area contributed by atoms with E-state index in [9.17, 15) is 35.1 Å². The Kier molecular flexibility index (Phi) is 4.21. The third-order valence-corrected chi connectivity index (χ3v) is 1.73. The third-order valence-electron chi connectivity index (χ3n) is 1.73. The predicted octanol–water partition coefficient (Wildman–Crippen LogP) is 4.16. The van der Waals surface area contributed by atoms with E-state index >= 15 is 0 Å². The summed E-state index contributed by atoms with van der Waals surface area (Å²) >= 11 is 0. The van der Waals surface area contributed by atoms with Gasteiger partial charge in [-0.25, -0.2) is 8.78 Å². The Labute approximate surface area is 86.6 Å². The van der Waals surface area contributed by atoms with Crippen molar-refractivity contribution in [3.63, 3.8) is 0 Å². The first kappa shape index (κ1) is 15.4. The summed E-state index contributed by atoms with van der Waals surface area (Å²) in [7, 11) is 0. The maximum atomic E-state index is 12.7. The lowest BCUT2D eigenvalue weighted by atomic mass is 9.96. The molecule has 0 aromatic heterocycles. The highest BCUT2D eigenvalue weighted by molar-refractivity contribution is 5.01. The van der Waals surface area contributed by atoms with E-state index in [1.165, 1.54) is 0 Å². The van der Waals surface area contributed by atoms with Crippen LogP contribution in [0.3, 0.4) is 0 Å². The molecule has 0 spiro atoms. The number of hydrogen-bond donors (Lipinski definition) is 0. The van der Waals surface area contributed by atoms with Crippen LogP contribution in [0.1, 0.15) is 20.3 Å². The Balaban J connectivity index is 5.17. The van der Waals surface area contributed by atoms with E-state index in [-0.39, 0.29) is 5.92 Å². The number of rotatable bonds is 5. The fourth-order valence-corrected chi connectivity index (χ4v) is 0.936. The van der Waals surface area contributed by atoms with Crippen LogP contribution in [0, 0.1) is 5.92 Å². The van der Waals surface area contributed by atoms with Crippen LogP contribution in [0.2, 0.25) is 0 Å². The minimum atomic E-state index is -6.09. The molecule has 0 aromatic rings. The van der Waals surface area contributed by atoms with E-state index in [0.29, 0.717) is 0 Å². The van der Waals surface area contributed by atoms with E-state index in [1.807, 2.05) is 0 Å². The molecule has 0 unspecified atom stereocenters. The third kappa shape index (κ3) is 2.57. The summed E-state index contributed by atoms with van der Waals surface area (Å²) in [4.78, 5) is 0. The molecular weight excluding hydrogens is 248 g/mol. The van der Waals surface area contributed by atoms with Gasteiger partial charge in [-0.15, -0.1) is 0 Å². The van der Waals surface area contributed by atoms with Gasteiger partial charge in [0.2, 0.25) is 0 Å². The van der Waals surface area contributed by atoms with Crippen molar-refractivity contribution in [2.45, 2.75) is 44.5 Å². The van der Waals surface area contributed by atoms with E-state index in [1.54, 1.807) is 0 Å². The van der Waals surface area contributed by atoms with Gasteiger partial charge in [0.15, 0.2) is 0 Å². The van der Waals surface area contributed by atoms with E-state index < -0.39 is 30.6 Å². The molecule has 0 rings (SSSR count). The number of halogens is 8. The molecule has 16 heavy (non-hydrogen) atoms. The van der Waals surface area contributed by atoms with Crippen LogP contribution in [0.25, 0.3) is 0 Å². The minimum Gasteiger partial charge on any atom is -0.203 e. The van der Waals surface area contributed by atoms with Crippen LogP contribution < -0.4 is 0 Å². The molecule has 0 aliphatic rings. The number of hydrogen-bond acceptors (Lipinski definition) is 0. The molecule has 0 saturated carbocycles. The van der Waals surface area contributed by atoms with Gasteiger partial charge < -0.3 is 0 Å². The summed E-state index contributed by atoms with van der Waals surface area (Å²) in [5, 5.41) is 0. The van der Waals surface area contributed by atoms with E-state index in [0.717, 1.165) is 13.8 Å². The lowest BCUT2D eigenvalue weighted by Gasteiger charge is -2.32. The van der Waals surface area contributed by atoms with Crippen LogP contribution in [-0.4, -0.2) is 24.2 Å². The Hall–Kier alpha value is -0.560. The van der Waals surface area contributed by atoms with Crippen LogP contribution >= 0.6 is 0 Å². The molecule has 0 aromatic carbocycles. The maximum Gasteiger partial charge on any atom is 0.377 e. The Bertz CT molecular complexity index is 232. The Morgan fingerprint density at radius 2 is 1.31 bits per heavy atom. The van der Waals surface area contributed by atoms with Gasteiger partial charge in [-0.2, -0.15) is 26.3 Å². The molecule has 0 saturated heterocycles. The second-order valence-electron chi connectivity index (χ2n) is 3.59. The van der Waals surface area contributed by atoms with Gasteiger partial charge in [-0.05, 0) is 5.92 Å². The van der Waals surface area contributed by atoms with Crippen molar-refractivity contribution in [2.75, 3.05) is 0 Å². The molecule has 97 valence electrons. The van der Waals surface area contributed by atoms with Crippen LogP contribution in [0.4, 0.5) is 35.1 Å². The molecule has 0 nitrogen and oxygen atoms in total. The summed E-state index contributed by atoms with van der Waals surface area (Å²) in [6.07, 6.45) is -6.53. The largest absolute Gasteiger partial charge is 0.377 e. The quantitative estimate of drug-likeness (QED) is 0.648. The van der Waals surface area contributed by atoms with Gasteiger partial charge in [-0.1, -0.05) is 13.8 Å². The normalized spacial score (nSPS) is 15.0. The van der Waals surface area contributed by atoms with Gasteiger partial charge in [0.05, 0.1) is 0 Å². The minimum absolute atomic E-state index is 0.269. The van der Waals surface area contributed by atoms with Crippen molar-refractivity contribution < 1.29 is 35.1 Å². The summed E-state index contributed by atoms with van der Waals surface area (Å²) < 4.78 is 98.4. The van der Waals surface area contributed by atoms with Crippen molar-refractivity contribution in [3.8, 4) is 0 Å². The molecule has 0 atom stereocenters. The fourth-order valence-electron chi connectivity index (χ4n) is 0.936. The van der Waals surface area contributed by atoms with Gasteiger partial charge in [0, 0.05) is 6.42 Å². The Morgan fingerprint density at radius 3 is 1.56 bits per heavy atom. The summed E-state index contributed by atoms with van der Waals surface area (Å²) in [5.41, 5.74) is 0. The highest BCUT2D eigenvalue weighted by Crippen LogP contribution is 2.50. The molecule has 8 heteroatoms. The molecular formula is C8H9F8. The summed E-state index contributed by atoms with van der Waals surface area (Å²) in [5.74, 6) is -17.6. The summed E-state index contributed by atoms with van der Waals surface area (Å²) in [6, 6.07) is 0. The van der Waals surface area contributed by atoms with Gasteiger partial charge >= 0.3 is 24.2 Å². The molecule has 0 amide bonds. The average Bonchev–Trinajstić information content (AvgIpc) is 2.00. The highest BCUT2D eigenvalue weighted by atomic mass is 19.4. The predicted molar refractivity (Wildman–Crippen MR) is 40.1 cm³/mol. The zero-order valence-corrected chi connectivity index (χ0v) is 8.31. The lowest BCUT2D eigenvalue weighted by Crippen LogP contribution is -2.57. The van der Waals surface area contributed by atoms with Crippen molar-refractivity contribution in [3.05, 3.63) is 5.92 Å². The molecule has 0 aliphatic carbocycles. The van der Waals surface area contributed by atoms with Crippen molar-refractivity contribution in [1.82, 2.24) is 0 Å². The SMILES string of the molecule is C[C](C)CC(F)(F)C(F)(F)C(F)(F)C(F)F. The van der Waals surface area contributed by atoms with E-state index in [2.05, 4.69) is 0 Å². The standard InChI is InChI=1S/C8H9F8/c1-4(2)3-6(11,12)8(15,16)7(13,14)5(9)10/h5H,3H2,1-2H3. The second-order valence-corrected chi connectivity index (χ2v) is 3.59.